The van der Waals surface area contributed by atoms with Crippen molar-refractivity contribution in [3.05, 3.63) is 77.1 Å². The van der Waals surface area contributed by atoms with Crippen molar-refractivity contribution in [2.75, 3.05) is 20.3 Å². The first-order chi connectivity index (χ1) is 16.9. The molecule has 1 aliphatic carbocycles. The summed E-state index contributed by atoms with van der Waals surface area (Å²) in [4.78, 5) is 20.6. The van der Waals surface area contributed by atoms with Crippen molar-refractivity contribution in [1.29, 1.82) is 0 Å². The molecule has 0 fully saturated rings. The lowest BCUT2D eigenvalue weighted by atomic mass is 9.94. The zero-order valence-electron chi connectivity index (χ0n) is 22.3. The van der Waals surface area contributed by atoms with Crippen LogP contribution in [0.2, 0.25) is 0 Å². The molecule has 3 rings (SSSR count). The summed E-state index contributed by atoms with van der Waals surface area (Å²) in [5.41, 5.74) is 6.29. The highest BCUT2D eigenvalue weighted by molar-refractivity contribution is 6.51. The van der Waals surface area contributed by atoms with Crippen molar-refractivity contribution in [2.45, 2.75) is 60.8 Å². The van der Waals surface area contributed by atoms with E-state index in [0.717, 1.165) is 47.6 Å². The number of aryl methyl sites for hydroxylation is 2. The maximum atomic E-state index is 5.79. The van der Waals surface area contributed by atoms with Gasteiger partial charge in [0.25, 0.3) is 0 Å². The van der Waals surface area contributed by atoms with Gasteiger partial charge in [0.05, 0.1) is 11.4 Å². The molecular formula is C29H40N4O2. The Bertz CT molecular complexity index is 1050. The Hall–Kier alpha value is -3.28. The van der Waals surface area contributed by atoms with Gasteiger partial charge in [0.2, 0.25) is 0 Å². The third-order valence-electron chi connectivity index (χ3n) is 5.35. The summed E-state index contributed by atoms with van der Waals surface area (Å²) in [6.07, 6.45) is 6.86. The van der Waals surface area contributed by atoms with E-state index < -0.39 is 0 Å². The Morgan fingerprint density at radius 1 is 1.03 bits per heavy atom. The molecule has 0 N–H and O–H groups in total. The first-order valence-corrected chi connectivity index (χ1v) is 12.4. The number of oxime groups is 2. The van der Waals surface area contributed by atoms with Gasteiger partial charge < -0.3 is 9.68 Å². The number of hydrogen-bond acceptors (Lipinski definition) is 6. The lowest BCUT2D eigenvalue weighted by Crippen LogP contribution is -2.25. The fraction of sp³-hybridized carbons (Fsp3) is 0.448. The van der Waals surface area contributed by atoms with Crippen LogP contribution < -0.4 is 0 Å². The molecule has 0 spiro atoms. The molecule has 0 bridgehead atoms. The molecule has 6 nitrogen and oxygen atoms in total. The highest BCUT2D eigenvalue weighted by Gasteiger charge is 2.22. The summed E-state index contributed by atoms with van der Waals surface area (Å²) in [7, 11) is 1.75. The third-order valence-corrected chi connectivity index (χ3v) is 5.35. The molecule has 1 aromatic carbocycles. The molecule has 0 saturated heterocycles. The molecule has 0 saturated carbocycles. The first kappa shape index (κ1) is 28.0. The lowest BCUT2D eigenvalue weighted by molar-refractivity contribution is 0.0000679. The molecule has 1 aromatic heterocycles. The molecule has 1 heterocycles. The van der Waals surface area contributed by atoms with Crippen molar-refractivity contribution in [3.63, 3.8) is 0 Å². The van der Waals surface area contributed by atoms with Crippen LogP contribution in [-0.2, 0) is 16.1 Å². The van der Waals surface area contributed by atoms with Crippen LogP contribution in [0, 0.1) is 12.3 Å². The number of allylic oxidation sites excluding steroid dienone is 2. The van der Waals surface area contributed by atoms with Crippen LogP contribution in [0.5, 0.6) is 0 Å². The SMILES string of the molecule is C/C=C\C(=NC)/C(=N/OCC(C)(C)CO/N=C1\CCCc2ccc(C)nc21)c1ccccc1.CC. The van der Waals surface area contributed by atoms with Gasteiger partial charge in [-0.1, -0.05) is 80.5 Å². The maximum absolute atomic E-state index is 5.79. The van der Waals surface area contributed by atoms with Gasteiger partial charge in [-0.05, 0) is 50.8 Å². The highest BCUT2D eigenvalue weighted by atomic mass is 16.6. The van der Waals surface area contributed by atoms with Gasteiger partial charge in [0.15, 0.2) is 0 Å². The van der Waals surface area contributed by atoms with E-state index >= 15 is 0 Å². The van der Waals surface area contributed by atoms with Crippen LogP contribution in [0.1, 0.15) is 70.0 Å². The topological polar surface area (TPSA) is 68.4 Å². The summed E-state index contributed by atoms with van der Waals surface area (Å²) in [6.45, 7) is 12.9. The zero-order valence-corrected chi connectivity index (χ0v) is 22.3. The van der Waals surface area contributed by atoms with E-state index in [0.29, 0.717) is 18.9 Å². The quantitative estimate of drug-likeness (QED) is 0.304. The summed E-state index contributed by atoms with van der Waals surface area (Å²) in [5.74, 6) is 0. The van der Waals surface area contributed by atoms with E-state index in [4.69, 9.17) is 9.68 Å². The van der Waals surface area contributed by atoms with Crippen molar-refractivity contribution >= 4 is 17.1 Å². The van der Waals surface area contributed by atoms with Gasteiger partial charge >= 0.3 is 0 Å². The van der Waals surface area contributed by atoms with E-state index in [1.165, 1.54) is 5.56 Å². The highest BCUT2D eigenvalue weighted by Crippen LogP contribution is 2.22. The van der Waals surface area contributed by atoms with Crippen LogP contribution in [-0.4, -0.2) is 42.4 Å². The number of pyridine rings is 1. The minimum absolute atomic E-state index is 0.281. The third kappa shape index (κ3) is 8.46. The van der Waals surface area contributed by atoms with Gasteiger partial charge in [-0.15, -0.1) is 0 Å². The molecule has 35 heavy (non-hydrogen) atoms. The predicted octanol–water partition coefficient (Wildman–Crippen LogP) is 6.57. The van der Waals surface area contributed by atoms with E-state index in [9.17, 15) is 0 Å². The molecule has 0 amide bonds. The van der Waals surface area contributed by atoms with E-state index in [1.807, 2.05) is 70.2 Å². The Balaban J connectivity index is 0.00000210. The van der Waals surface area contributed by atoms with Crippen molar-refractivity contribution < 1.29 is 9.68 Å². The molecule has 188 valence electrons. The van der Waals surface area contributed by atoms with Crippen LogP contribution in [0.15, 0.2) is 69.9 Å². The second kappa shape index (κ2) is 14.2. The number of aromatic nitrogens is 1. The van der Waals surface area contributed by atoms with Crippen molar-refractivity contribution in [1.82, 2.24) is 4.98 Å². The van der Waals surface area contributed by atoms with Gasteiger partial charge in [0.1, 0.15) is 24.6 Å². The first-order valence-electron chi connectivity index (χ1n) is 12.4. The molecule has 0 radical (unpaired) electrons. The molecule has 1 aliphatic rings. The normalized spacial score (nSPS) is 15.5. The monoisotopic (exact) mass is 476 g/mol. The molecular weight excluding hydrogens is 436 g/mol. The van der Waals surface area contributed by atoms with Crippen LogP contribution in [0.25, 0.3) is 0 Å². The summed E-state index contributed by atoms with van der Waals surface area (Å²) in [6, 6.07) is 14.1. The van der Waals surface area contributed by atoms with Crippen molar-refractivity contribution in [2.24, 2.45) is 20.7 Å². The molecule has 0 atom stereocenters. The minimum atomic E-state index is -0.281. The number of nitrogens with zero attached hydrogens (tertiary/aromatic N) is 4. The van der Waals surface area contributed by atoms with E-state index in [-0.39, 0.29) is 5.41 Å². The number of aliphatic imine (C=N–C) groups is 1. The minimum Gasteiger partial charge on any atom is -0.395 e. The molecule has 2 aromatic rings. The Morgan fingerprint density at radius 2 is 1.74 bits per heavy atom. The second-order valence-electron chi connectivity index (χ2n) is 8.98. The van der Waals surface area contributed by atoms with Gasteiger partial charge in [-0.2, -0.15) is 0 Å². The Kier molecular flexibility index (Phi) is 11.3. The lowest BCUT2D eigenvalue weighted by Gasteiger charge is -2.22. The van der Waals surface area contributed by atoms with Crippen LogP contribution in [0.4, 0.5) is 0 Å². The fourth-order valence-electron chi connectivity index (χ4n) is 3.55. The molecule has 0 unspecified atom stereocenters. The summed E-state index contributed by atoms with van der Waals surface area (Å²) < 4.78 is 0. The maximum Gasteiger partial charge on any atom is 0.135 e. The summed E-state index contributed by atoms with van der Waals surface area (Å²) >= 11 is 0. The van der Waals surface area contributed by atoms with Gasteiger partial charge in [0, 0.05) is 23.7 Å². The average Bonchev–Trinajstić information content (AvgIpc) is 2.87. The van der Waals surface area contributed by atoms with Crippen LogP contribution in [0.3, 0.4) is 0 Å². The smallest absolute Gasteiger partial charge is 0.135 e. The van der Waals surface area contributed by atoms with E-state index in [2.05, 4.69) is 46.3 Å². The average molecular weight is 477 g/mol. The predicted molar refractivity (Wildman–Crippen MR) is 147 cm³/mol. The van der Waals surface area contributed by atoms with Gasteiger partial charge in [-0.25, -0.2) is 0 Å². The van der Waals surface area contributed by atoms with Gasteiger partial charge in [-0.3, -0.25) is 9.98 Å². The Morgan fingerprint density at radius 3 is 2.43 bits per heavy atom. The number of rotatable bonds is 9. The standard InChI is InChI=1S/C27H34N4O2.C2H6/c1-6-11-23(28-5)26(21-12-8-7-9-13-21)31-33-19-27(3,4)18-32-30-24-15-10-14-22-17-16-20(2)29-25(22)24;1-2/h6-9,11-13,16-17H,10,14-15,18-19H2,1-5H3;1-2H3/b11-6-,28-23?,30-24+,31-26+;. The van der Waals surface area contributed by atoms with Crippen LogP contribution >= 0.6 is 0 Å². The Labute approximate surface area is 210 Å². The zero-order chi connectivity index (χ0) is 25.7. The molecule has 6 heteroatoms. The second-order valence-corrected chi connectivity index (χ2v) is 8.98. The van der Waals surface area contributed by atoms with Crippen molar-refractivity contribution in [3.8, 4) is 0 Å². The number of benzene rings is 1. The number of hydrogen-bond donors (Lipinski definition) is 0. The van der Waals surface area contributed by atoms with E-state index in [1.54, 1.807) is 7.05 Å². The number of fused-ring (bicyclic) bond motifs is 1. The fourth-order valence-corrected chi connectivity index (χ4v) is 3.55. The largest absolute Gasteiger partial charge is 0.395 e. The summed E-state index contributed by atoms with van der Waals surface area (Å²) in [5, 5.41) is 8.88. The molecule has 0 aliphatic heterocycles.